The molecule has 5 heteroatoms. The highest BCUT2D eigenvalue weighted by Gasteiger charge is 2.21. The molecule has 26 heavy (non-hydrogen) atoms. The lowest BCUT2D eigenvalue weighted by Gasteiger charge is -2.27. The maximum atomic E-state index is 11.3. The van der Waals surface area contributed by atoms with Crippen LogP contribution in [0.5, 0.6) is 5.75 Å². The Morgan fingerprint density at radius 1 is 1.23 bits per heavy atom. The molecule has 2 aromatic rings. The molecule has 3 rings (SSSR count). The third kappa shape index (κ3) is 4.62. The summed E-state index contributed by atoms with van der Waals surface area (Å²) in [6, 6.07) is 14.5. The van der Waals surface area contributed by atoms with Crippen LogP contribution in [0, 0.1) is 0 Å². The Balaban J connectivity index is 1.81. The van der Waals surface area contributed by atoms with Crippen molar-refractivity contribution in [2.75, 3.05) is 32.2 Å². The van der Waals surface area contributed by atoms with E-state index in [9.17, 15) is 4.79 Å². The Bertz CT molecular complexity index is 761. The Morgan fingerprint density at radius 2 is 2.08 bits per heavy atom. The number of methoxy groups -OCH3 is 1. The summed E-state index contributed by atoms with van der Waals surface area (Å²) in [5, 5.41) is 6.45. The molecule has 5 nitrogen and oxygen atoms in total. The molecule has 1 aliphatic heterocycles. The zero-order chi connectivity index (χ0) is 18.4. The number of hydrogen-bond acceptors (Lipinski definition) is 4. The number of anilines is 1. The predicted octanol–water partition coefficient (Wildman–Crippen LogP) is 3.76. The molecular formula is C21H26N2O3. The van der Waals surface area contributed by atoms with Crippen molar-refractivity contribution in [3.05, 3.63) is 48.0 Å². The molecule has 0 spiro atoms. The zero-order valence-electron chi connectivity index (χ0n) is 15.4. The third-order valence-electron chi connectivity index (χ3n) is 4.48. The van der Waals surface area contributed by atoms with Crippen LogP contribution in [0.3, 0.4) is 0 Å². The van der Waals surface area contributed by atoms with Gasteiger partial charge in [-0.15, -0.1) is 0 Å². The summed E-state index contributed by atoms with van der Waals surface area (Å²) >= 11 is 0. The van der Waals surface area contributed by atoms with Crippen molar-refractivity contribution in [3.8, 4) is 16.9 Å². The van der Waals surface area contributed by atoms with E-state index in [4.69, 9.17) is 9.47 Å². The average molecular weight is 354 g/mol. The lowest BCUT2D eigenvalue weighted by molar-refractivity contribution is -0.114. The van der Waals surface area contributed by atoms with E-state index in [1.807, 2.05) is 24.3 Å². The second-order valence-corrected chi connectivity index (χ2v) is 6.50. The average Bonchev–Trinajstić information content (AvgIpc) is 2.64. The SMILES string of the molecule is COCCCN[C@@H]1CCOc2ccc(-c3cccc(NC(C)=O)c3)cc21. The molecule has 2 N–H and O–H groups in total. The minimum atomic E-state index is -0.0682. The first kappa shape index (κ1) is 18.4. The van der Waals surface area contributed by atoms with E-state index in [1.54, 1.807) is 7.11 Å². The highest BCUT2D eigenvalue weighted by Crippen LogP contribution is 2.35. The van der Waals surface area contributed by atoms with Gasteiger partial charge < -0.3 is 20.1 Å². The number of fused-ring (bicyclic) bond motifs is 1. The molecule has 0 saturated carbocycles. The first-order chi connectivity index (χ1) is 12.7. The van der Waals surface area contributed by atoms with Crippen molar-refractivity contribution in [2.24, 2.45) is 0 Å². The predicted molar refractivity (Wildman–Crippen MR) is 104 cm³/mol. The van der Waals surface area contributed by atoms with Crippen LogP contribution in [0.4, 0.5) is 5.69 Å². The van der Waals surface area contributed by atoms with Crippen LogP contribution in [0.15, 0.2) is 42.5 Å². The first-order valence-corrected chi connectivity index (χ1v) is 9.04. The number of nitrogens with one attached hydrogen (secondary N) is 2. The molecule has 1 aliphatic rings. The molecule has 0 radical (unpaired) electrons. The molecule has 0 fully saturated rings. The number of carbonyl (C=O) groups excluding carboxylic acids is 1. The van der Waals surface area contributed by atoms with Gasteiger partial charge in [-0.2, -0.15) is 0 Å². The third-order valence-corrected chi connectivity index (χ3v) is 4.48. The van der Waals surface area contributed by atoms with Crippen molar-refractivity contribution in [1.82, 2.24) is 5.32 Å². The van der Waals surface area contributed by atoms with Crippen LogP contribution >= 0.6 is 0 Å². The standard InChI is InChI=1S/C21H26N2O3/c1-15(24)23-18-6-3-5-16(13-18)17-7-8-21-19(14-17)20(9-12-26-21)22-10-4-11-25-2/h3,5-8,13-14,20,22H,4,9-12H2,1-2H3,(H,23,24)/t20-/m1/s1. The van der Waals surface area contributed by atoms with Gasteiger partial charge >= 0.3 is 0 Å². The number of amides is 1. The van der Waals surface area contributed by atoms with Gasteiger partial charge in [0, 0.05) is 44.4 Å². The van der Waals surface area contributed by atoms with Crippen LogP contribution in [0.25, 0.3) is 11.1 Å². The van der Waals surface area contributed by atoms with E-state index in [0.29, 0.717) is 0 Å². The second-order valence-electron chi connectivity index (χ2n) is 6.50. The van der Waals surface area contributed by atoms with Crippen LogP contribution in [0.1, 0.15) is 31.4 Å². The Morgan fingerprint density at radius 3 is 2.88 bits per heavy atom. The Hall–Kier alpha value is -2.37. The van der Waals surface area contributed by atoms with Crippen molar-refractivity contribution in [3.63, 3.8) is 0 Å². The highest BCUT2D eigenvalue weighted by atomic mass is 16.5. The Labute approximate surface area is 154 Å². The smallest absolute Gasteiger partial charge is 0.221 e. The summed E-state index contributed by atoms with van der Waals surface area (Å²) in [7, 11) is 1.73. The van der Waals surface area contributed by atoms with Crippen LogP contribution in [0.2, 0.25) is 0 Å². The molecular weight excluding hydrogens is 328 g/mol. The van der Waals surface area contributed by atoms with E-state index in [1.165, 1.54) is 12.5 Å². The minimum Gasteiger partial charge on any atom is -0.493 e. The van der Waals surface area contributed by atoms with Gasteiger partial charge in [0.2, 0.25) is 5.91 Å². The zero-order valence-corrected chi connectivity index (χ0v) is 15.4. The molecule has 0 aromatic heterocycles. The quantitative estimate of drug-likeness (QED) is 0.743. The number of hydrogen-bond donors (Lipinski definition) is 2. The van der Waals surface area contributed by atoms with E-state index < -0.39 is 0 Å². The van der Waals surface area contributed by atoms with Crippen molar-refractivity contribution in [2.45, 2.75) is 25.8 Å². The monoisotopic (exact) mass is 354 g/mol. The van der Waals surface area contributed by atoms with Crippen molar-refractivity contribution >= 4 is 11.6 Å². The summed E-state index contributed by atoms with van der Waals surface area (Å²) in [5.74, 6) is 0.878. The van der Waals surface area contributed by atoms with E-state index >= 15 is 0 Å². The molecule has 0 saturated heterocycles. The second kappa shape index (κ2) is 8.83. The van der Waals surface area contributed by atoms with Gasteiger partial charge in [-0.25, -0.2) is 0 Å². The lowest BCUT2D eigenvalue weighted by atomic mass is 9.95. The minimum absolute atomic E-state index is 0.0682. The fourth-order valence-corrected chi connectivity index (χ4v) is 3.26. The maximum Gasteiger partial charge on any atom is 0.221 e. The lowest BCUT2D eigenvalue weighted by Crippen LogP contribution is -2.28. The molecule has 0 unspecified atom stereocenters. The number of ether oxygens (including phenoxy) is 2. The summed E-state index contributed by atoms with van der Waals surface area (Å²) in [6.07, 6.45) is 1.94. The molecule has 1 heterocycles. The molecule has 2 aromatic carbocycles. The van der Waals surface area contributed by atoms with Gasteiger partial charge in [-0.3, -0.25) is 4.79 Å². The first-order valence-electron chi connectivity index (χ1n) is 9.04. The molecule has 138 valence electrons. The molecule has 0 aliphatic carbocycles. The maximum absolute atomic E-state index is 11.3. The summed E-state index contributed by atoms with van der Waals surface area (Å²) in [6.45, 7) is 3.92. The van der Waals surface area contributed by atoms with Gasteiger partial charge in [-0.05, 0) is 48.4 Å². The van der Waals surface area contributed by atoms with Crippen molar-refractivity contribution in [1.29, 1.82) is 0 Å². The van der Waals surface area contributed by atoms with E-state index in [0.717, 1.165) is 55.2 Å². The van der Waals surface area contributed by atoms with E-state index in [-0.39, 0.29) is 11.9 Å². The molecule has 0 bridgehead atoms. The van der Waals surface area contributed by atoms with Crippen LogP contribution in [-0.4, -0.2) is 32.8 Å². The number of rotatable bonds is 7. The van der Waals surface area contributed by atoms with Crippen LogP contribution in [-0.2, 0) is 9.53 Å². The summed E-state index contributed by atoms with van der Waals surface area (Å²) in [4.78, 5) is 11.3. The van der Waals surface area contributed by atoms with Gasteiger partial charge in [0.15, 0.2) is 0 Å². The van der Waals surface area contributed by atoms with Gasteiger partial charge in [0.05, 0.1) is 6.61 Å². The van der Waals surface area contributed by atoms with E-state index in [2.05, 4.69) is 28.8 Å². The van der Waals surface area contributed by atoms with Gasteiger partial charge in [0.25, 0.3) is 0 Å². The number of carbonyl (C=O) groups is 1. The van der Waals surface area contributed by atoms with Crippen LogP contribution < -0.4 is 15.4 Å². The molecule has 1 atom stereocenters. The number of benzene rings is 2. The molecule has 1 amide bonds. The largest absolute Gasteiger partial charge is 0.493 e. The summed E-state index contributed by atoms with van der Waals surface area (Å²) in [5.41, 5.74) is 4.18. The normalized spacial score (nSPS) is 15.8. The van der Waals surface area contributed by atoms with Crippen molar-refractivity contribution < 1.29 is 14.3 Å². The fraction of sp³-hybridized carbons (Fsp3) is 0.381. The topological polar surface area (TPSA) is 59.6 Å². The van der Waals surface area contributed by atoms with Gasteiger partial charge in [-0.1, -0.05) is 18.2 Å². The fourth-order valence-electron chi connectivity index (χ4n) is 3.26. The van der Waals surface area contributed by atoms with Gasteiger partial charge in [0.1, 0.15) is 5.75 Å². The summed E-state index contributed by atoms with van der Waals surface area (Å²) < 4.78 is 10.9. The Kier molecular flexibility index (Phi) is 6.26. The highest BCUT2D eigenvalue weighted by molar-refractivity contribution is 5.89.